The number of halogens is 1. The second kappa shape index (κ2) is 7.27. The van der Waals surface area contributed by atoms with E-state index in [0.29, 0.717) is 18.1 Å². The minimum absolute atomic E-state index is 0.250. The maximum Gasteiger partial charge on any atom is 0.259 e. The molecule has 1 amide bonds. The number of imidazole rings is 1. The normalized spacial score (nSPS) is 10.4. The third kappa shape index (κ3) is 3.62. The number of hydrogen-bond acceptors (Lipinski definition) is 4. The van der Waals surface area contributed by atoms with Crippen molar-refractivity contribution in [1.29, 1.82) is 0 Å². The number of carbonyl (C=O) groups is 1. The van der Waals surface area contributed by atoms with E-state index in [4.69, 9.17) is 4.74 Å². The number of hydrogen-bond donors (Lipinski definition) is 1. The molecule has 0 atom stereocenters. The lowest BCUT2D eigenvalue weighted by atomic mass is 10.2. The van der Waals surface area contributed by atoms with Crippen LogP contribution in [0, 0.1) is 0 Å². The third-order valence-electron chi connectivity index (χ3n) is 3.46. The zero-order chi connectivity index (χ0) is 16.9. The molecule has 3 aromatic rings. The van der Waals surface area contributed by atoms with E-state index in [-0.39, 0.29) is 5.91 Å². The summed E-state index contributed by atoms with van der Waals surface area (Å²) in [6.07, 6.45) is 6.59. The SMILES string of the molecule is COc1ccc(Br)c(Cn2ccnc2NC(=O)c2cccnc2)c1. The molecule has 0 aliphatic carbocycles. The van der Waals surface area contributed by atoms with Gasteiger partial charge in [-0.1, -0.05) is 15.9 Å². The van der Waals surface area contributed by atoms with Gasteiger partial charge in [0.2, 0.25) is 5.95 Å². The van der Waals surface area contributed by atoms with E-state index in [0.717, 1.165) is 15.8 Å². The summed E-state index contributed by atoms with van der Waals surface area (Å²) < 4.78 is 8.07. The molecule has 1 N–H and O–H groups in total. The number of anilines is 1. The van der Waals surface area contributed by atoms with E-state index in [2.05, 4.69) is 31.2 Å². The zero-order valence-electron chi connectivity index (χ0n) is 12.9. The van der Waals surface area contributed by atoms with Crippen LogP contribution >= 0.6 is 15.9 Å². The number of rotatable bonds is 5. The fraction of sp³-hybridized carbons (Fsp3) is 0.118. The second-order valence-electron chi connectivity index (χ2n) is 5.03. The Morgan fingerprint density at radius 2 is 2.21 bits per heavy atom. The van der Waals surface area contributed by atoms with Crippen molar-refractivity contribution in [2.24, 2.45) is 0 Å². The number of methoxy groups -OCH3 is 1. The van der Waals surface area contributed by atoms with E-state index in [9.17, 15) is 4.79 Å². The minimum atomic E-state index is -0.250. The molecule has 6 nitrogen and oxygen atoms in total. The van der Waals surface area contributed by atoms with E-state index in [1.165, 1.54) is 6.20 Å². The highest BCUT2D eigenvalue weighted by molar-refractivity contribution is 9.10. The highest BCUT2D eigenvalue weighted by Crippen LogP contribution is 2.24. The van der Waals surface area contributed by atoms with Crippen LogP contribution in [0.1, 0.15) is 15.9 Å². The topological polar surface area (TPSA) is 69.0 Å². The van der Waals surface area contributed by atoms with Crippen molar-refractivity contribution in [1.82, 2.24) is 14.5 Å². The van der Waals surface area contributed by atoms with E-state index >= 15 is 0 Å². The molecule has 122 valence electrons. The molecule has 3 rings (SSSR count). The molecule has 2 aromatic heterocycles. The molecule has 0 aliphatic heterocycles. The zero-order valence-corrected chi connectivity index (χ0v) is 14.5. The Balaban J connectivity index is 1.80. The van der Waals surface area contributed by atoms with E-state index in [1.54, 1.807) is 31.6 Å². The Hall–Kier alpha value is -2.67. The number of aromatic nitrogens is 3. The molecule has 0 spiro atoms. The molecule has 7 heteroatoms. The van der Waals surface area contributed by atoms with Crippen LogP contribution in [-0.4, -0.2) is 27.6 Å². The lowest BCUT2D eigenvalue weighted by molar-refractivity contribution is 0.102. The van der Waals surface area contributed by atoms with Crippen LogP contribution in [0.3, 0.4) is 0 Å². The number of nitrogens with zero attached hydrogens (tertiary/aromatic N) is 3. The highest BCUT2D eigenvalue weighted by Gasteiger charge is 2.11. The Kier molecular flexibility index (Phi) is 4.90. The summed E-state index contributed by atoms with van der Waals surface area (Å²) in [6, 6.07) is 9.17. The lowest BCUT2D eigenvalue weighted by Gasteiger charge is -2.11. The van der Waals surface area contributed by atoms with Crippen LogP contribution in [0.2, 0.25) is 0 Å². The van der Waals surface area contributed by atoms with Crippen molar-refractivity contribution >= 4 is 27.8 Å². The highest BCUT2D eigenvalue weighted by atomic mass is 79.9. The van der Waals surface area contributed by atoms with Crippen LogP contribution in [0.25, 0.3) is 0 Å². The largest absolute Gasteiger partial charge is 0.497 e. The van der Waals surface area contributed by atoms with Gasteiger partial charge in [-0.15, -0.1) is 0 Å². The molecule has 0 fully saturated rings. The average Bonchev–Trinajstić information content (AvgIpc) is 3.04. The van der Waals surface area contributed by atoms with Crippen LogP contribution in [0.4, 0.5) is 5.95 Å². The van der Waals surface area contributed by atoms with Crippen LogP contribution < -0.4 is 10.1 Å². The molecule has 2 heterocycles. The molecule has 0 saturated heterocycles. The Bertz CT molecular complexity index is 849. The fourth-order valence-corrected chi connectivity index (χ4v) is 2.59. The summed E-state index contributed by atoms with van der Waals surface area (Å²) >= 11 is 3.53. The van der Waals surface area contributed by atoms with Crippen molar-refractivity contribution in [2.45, 2.75) is 6.54 Å². The first-order valence-electron chi connectivity index (χ1n) is 7.22. The molecule has 0 bridgehead atoms. The Labute approximate surface area is 147 Å². The number of ether oxygens (including phenoxy) is 1. The van der Waals surface area contributed by atoms with Crippen molar-refractivity contribution in [3.8, 4) is 5.75 Å². The van der Waals surface area contributed by atoms with Crippen molar-refractivity contribution in [3.05, 3.63) is 70.7 Å². The standard InChI is InChI=1S/C17H15BrN4O2/c1-24-14-4-5-15(18)13(9-14)11-22-8-7-20-17(22)21-16(23)12-3-2-6-19-10-12/h2-10H,11H2,1H3,(H,20,21,23). The summed E-state index contributed by atoms with van der Waals surface area (Å²) in [7, 11) is 1.63. The first-order chi connectivity index (χ1) is 11.7. The molecule has 24 heavy (non-hydrogen) atoms. The summed E-state index contributed by atoms with van der Waals surface area (Å²) in [5, 5.41) is 2.80. The smallest absolute Gasteiger partial charge is 0.259 e. The van der Waals surface area contributed by atoms with Gasteiger partial charge in [-0.3, -0.25) is 15.1 Å². The Morgan fingerprint density at radius 3 is 2.96 bits per heavy atom. The minimum Gasteiger partial charge on any atom is -0.497 e. The van der Waals surface area contributed by atoms with Gasteiger partial charge in [0.1, 0.15) is 5.75 Å². The second-order valence-corrected chi connectivity index (χ2v) is 5.89. The van der Waals surface area contributed by atoms with E-state index in [1.807, 2.05) is 29.0 Å². The molecule has 0 unspecified atom stereocenters. The van der Waals surface area contributed by atoms with Crippen LogP contribution in [-0.2, 0) is 6.54 Å². The van der Waals surface area contributed by atoms with Crippen LogP contribution in [0.15, 0.2) is 59.6 Å². The van der Waals surface area contributed by atoms with Gasteiger partial charge in [0.25, 0.3) is 5.91 Å². The quantitative estimate of drug-likeness (QED) is 0.729. The maximum absolute atomic E-state index is 12.3. The van der Waals surface area contributed by atoms with Gasteiger partial charge < -0.3 is 9.30 Å². The lowest BCUT2D eigenvalue weighted by Crippen LogP contribution is -2.16. The summed E-state index contributed by atoms with van der Waals surface area (Å²) in [5.41, 5.74) is 1.50. The molecule has 0 radical (unpaired) electrons. The monoisotopic (exact) mass is 386 g/mol. The summed E-state index contributed by atoms with van der Waals surface area (Å²) in [6.45, 7) is 0.542. The summed E-state index contributed by atoms with van der Waals surface area (Å²) in [4.78, 5) is 20.4. The Morgan fingerprint density at radius 1 is 1.33 bits per heavy atom. The third-order valence-corrected chi connectivity index (χ3v) is 4.23. The van der Waals surface area contributed by atoms with Crippen LogP contribution in [0.5, 0.6) is 5.75 Å². The van der Waals surface area contributed by atoms with Gasteiger partial charge >= 0.3 is 0 Å². The molecule has 1 aromatic carbocycles. The van der Waals surface area contributed by atoms with Gasteiger partial charge in [0.15, 0.2) is 0 Å². The molecule has 0 saturated carbocycles. The van der Waals surface area contributed by atoms with Gasteiger partial charge in [-0.2, -0.15) is 0 Å². The fourth-order valence-electron chi connectivity index (χ4n) is 2.21. The maximum atomic E-state index is 12.3. The molecule has 0 aliphatic rings. The van der Waals surface area contributed by atoms with Gasteiger partial charge in [-0.05, 0) is 35.9 Å². The number of nitrogens with one attached hydrogen (secondary N) is 1. The van der Waals surface area contributed by atoms with Crippen molar-refractivity contribution in [2.75, 3.05) is 12.4 Å². The van der Waals surface area contributed by atoms with Gasteiger partial charge in [-0.25, -0.2) is 4.98 Å². The van der Waals surface area contributed by atoms with E-state index < -0.39 is 0 Å². The van der Waals surface area contributed by atoms with Crippen molar-refractivity contribution < 1.29 is 9.53 Å². The molecular weight excluding hydrogens is 372 g/mol. The number of benzene rings is 1. The number of pyridine rings is 1. The molecular formula is C17H15BrN4O2. The number of amides is 1. The predicted molar refractivity (Wildman–Crippen MR) is 94.2 cm³/mol. The van der Waals surface area contributed by atoms with Gasteiger partial charge in [0, 0.05) is 29.3 Å². The summed E-state index contributed by atoms with van der Waals surface area (Å²) in [5.74, 6) is 0.994. The van der Waals surface area contributed by atoms with Crippen molar-refractivity contribution in [3.63, 3.8) is 0 Å². The number of carbonyl (C=O) groups excluding carboxylic acids is 1. The predicted octanol–water partition coefficient (Wildman–Crippen LogP) is 3.35. The first kappa shape index (κ1) is 16.2. The first-order valence-corrected chi connectivity index (χ1v) is 8.01. The average molecular weight is 387 g/mol. The van der Waals surface area contributed by atoms with Gasteiger partial charge in [0.05, 0.1) is 19.2 Å².